The standard InChI is InChI=1S/C17H12F6N2O4S/c1-15-5-11-13(15)10(25(11)14(26)16(18,19)20)3-7-2-8(6-24)12(4-9(7)15)29-30(27,28)17(21,22)23/h2,4,10-11,13H,3,5H2,1H3/t10-,11?,13-,15+/m1/s1. The zero-order valence-electron chi connectivity index (χ0n) is 15.0. The third kappa shape index (κ3) is 2.62. The van der Waals surface area contributed by atoms with Gasteiger partial charge in [-0.2, -0.15) is 40.0 Å². The molecule has 1 amide bonds. The summed E-state index contributed by atoms with van der Waals surface area (Å²) in [6.07, 6.45) is -4.94. The number of hydrogen-bond acceptors (Lipinski definition) is 5. The van der Waals surface area contributed by atoms with Crippen molar-refractivity contribution in [2.24, 2.45) is 5.92 Å². The Bertz CT molecular complexity index is 1110. The normalized spacial score (nSPS) is 29.7. The number of likely N-dealkylation sites (tertiary alicyclic amines) is 1. The Morgan fingerprint density at radius 1 is 1.23 bits per heavy atom. The highest BCUT2D eigenvalue weighted by atomic mass is 32.2. The summed E-state index contributed by atoms with van der Waals surface area (Å²) in [4.78, 5) is 12.5. The summed E-state index contributed by atoms with van der Waals surface area (Å²) in [7, 11) is -6.01. The first kappa shape index (κ1) is 20.8. The van der Waals surface area contributed by atoms with E-state index in [4.69, 9.17) is 0 Å². The zero-order chi connectivity index (χ0) is 22.4. The summed E-state index contributed by atoms with van der Waals surface area (Å²) in [5, 5.41) is 9.22. The molecule has 0 aromatic heterocycles. The van der Waals surface area contributed by atoms with Crippen LogP contribution in [0.2, 0.25) is 0 Å². The molecule has 1 unspecified atom stereocenters. The number of carbonyl (C=O) groups excluding carboxylic acids is 1. The molecule has 1 saturated heterocycles. The first-order chi connectivity index (χ1) is 13.6. The van der Waals surface area contributed by atoms with Crippen LogP contribution in [0.5, 0.6) is 5.75 Å². The summed E-state index contributed by atoms with van der Waals surface area (Å²) >= 11 is 0. The third-order valence-electron chi connectivity index (χ3n) is 6.24. The van der Waals surface area contributed by atoms with Crippen molar-refractivity contribution in [3.05, 3.63) is 28.8 Å². The fourth-order valence-electron chi connectivity index (χ4n) is 5.07. The van der Waals surface area contributed by atoms with E-state index in [1.165, 1.54) is 0 Å². The SMILES string of the molecule is C[C@@]12CC3[C@H]1[C@@H](Cc1cc(C#N)c(OS(=O)(=O)C(F)(F)F)cc12)N3C(=O)C(F)(F)F. The minimum atomic E-state index is -6.01. The molecule has 0 N–H and O–H groups in total. The monoisotopic (exact) mass is 454 g/mol. The number of benzene rings is 1. The molecule has 1 aliphatic heterocycles. The number of fused-ring (bicyclic) bond motifs is 2. The average molecular weight is 454 g/mol. The molecule has 1 aromatic carbocycles. The number of amides is 1. The van der Waals surface area contributed by atoms with Gasteiger partial charge in [-0.25, -0.2) is 0 Å². The van der Waals surface area contributed by atoms with E-state index in [9.17, 15) is 44.8 Å². The lowest BCUT2D eigenvalue weighted by molar-refractivity contribution is -0.231. The van der Waals surface area contributed by atoms with Crippen LogP contribution in [0.25, 0.3) is 0 Å². The molecule has 3 aliphatic rings. The van der Waals surface area contributed by atoms with Gasteiger partial charge >= 0.3 is 27.7 Å². The van der Waals surface area contributed by atoms with Crippen LogP contribution in [0.1, 0.15) is 30.0 Å². The van der Waals surface area contributed by atoms with Gasteiger partial charge in [0.1, 0.15) is 6.07 Å². The molecular weight excluding hydrogens is 442 g/mol. The highest BCUT2D eigenvalue weighted by Crippen LogP contribution is 2.64. The van der Waals surface area contributed by atoms with Crippen molar-refractivity contribution in [3.8, 4) is 11.8 Å². The van der Waals surface area contributed by atoms with Crippen LogP contribution in [0, 0.1) is 17.2 Å². The van der Waals surface area contributed by atoms with E-state index < -0.39 is 56.5 Å². The molecule has 1 heterocycles. The molecule has 13 heteroatoms. The van der Waals surface area contributed by atoms with Crippen LogP contribution in [0.3, 0.4) is 0 Å². The maximum atomic E-state index is 12.9. The second-order valence-electron chi connectivity index (χ2n) is 7.80. The molecule has 2 aliphatic carbocycles. The average Bonchev–Trinajstić information content (AvgIpc) is 2.57. The van der Waals surface area contributed by atoms with E-state index in [0.717, 1.165) is 17.0 Å². The first-order valence-corrected chi connectivity index (χ1v) is 10.0. The number of halogens is 6. The predicted molar refractivity (Wildman–Crippen MR) is 86.4 cm³/mol. The quantitative estimate of drug-likeness (QED) is 0.390. The molecule has 1 saturated carbocycles. The molecule has 1 aromatic rings. The lowest BCUT2D eigenvalue weighted by Gasteiger charge is -2.72. The predicted octanol–water partition coefficient (Wildman–Crippen LogP) is 2.76. The van der Waals surface area contributed by atoms with Crippen LogP contribution < -0.4 is 4.18 Å². The van der Waals surface area contributed by atoms with Crippen molar-refractivity contribution in [1.29, 1.82) is 5.26 Å². The van der Waals surface area contributed by atoms with E-state index >= 15 is 0 Å². The van der Waals surface area contributed by atoms with Gasteiger partial charge in [0.05, 0.1) is 5.56 Å². The van der Waals surface area contributed by atoms with Gasteiger partial charge in [-0.3, -0.25) is 4.79 Å². The Hall–Kier alpha value is -2.49. The van der Waals surface area contributed by atoms with Crippen molar-refractivity contribution >= 4 is 16.0 Å². The Labute approximate surface area is 166 Å². The van der Waals surface area contributed by atoms with Gasteiger partial charge in [-0.15, -0.1) is 0 Å². The Morgan fingerprint density at radius 3 is 2.40 bits per heavy atom. The van der Waals surface area contributed by atoms with E-state index in [1.807, 2.05) is 0 Å². The van der Waals surface area contributed by atoms with Gasteiger partial charge < -0.3 is 9.08 Å². The van der Waals surface area contributed by atoms with Gasteiger partial charge in [-0.1, -0.05) is 6.92 Å². The molecule has 0 radical (unpaired) electrons. The van der Waals surface area contributed by atoms with Crippen molar-refractivity contribution in [2.75, 3.05) is 0 Å². The van der Waals surface area contributed by atoms with Gasteiger partial charge in [0, 0.05) is 23.4 Å². The Balaban J connectivity index is 1.73. The number of nitrogens with zero attached hydrogens (tertiary/aromatic N) is 2. The van der Waals surface area contributed by atoms with Crippen LogP contribution >= 0.6 is 0 Å². The van der Waals surface area contributed by atoms with Gasteiger partial charge in [-0.05, 0) is 36.1 Å². The lowest BCUT2D eigenvalue weighted by atomic mass is 9.43. The minimum Gasteiger partial charge on any atom is -0.375 e. The third-order valence-corrected chi connectivity index (χ3v) is 7.21. The van der Waals surface area contributed by atoms with Crippen LogP contribution in [0.4, 0.5) is 26.3 Å². The minimum absolute atomic E-state index is 0.0328. The van der Waals surface area contributed by atoms with Crippen molar-refractivity contribution in [2.45, 2.75) is 48.9 Å². The maximum Gasteiger partial charge on any atom is 0.534 e. The van der Waals surface area contributed by atoms with Crippen molar-refractivity contribution in [3.63, 3.8) is 0 Å². The number of piperidine rings is 1. The summed E-state index contributed by atoms with van der Waals surface area (Å²) in [5.74, 6) is -3.09. The van der Waals surface area contributed by atoms with Crippen LogP contribution in [-0.4, -0.2) is 43.0 Å². The number of nitriles is 1. The van der Waals surface area contributed by atoms with Gasteiger partial charge in [0.15, 0.2) is 5.75 Å². The van der Waals surface area contributed by atoms with E-state index in [0.29, 0.717) is 11.1 Å². The molecule has 6 nitrogen and oxygen atoms in total. The molecule has 4 atom stereocenters. The molecule has 0 bridgehead atoms. The summed E-state index contributed by atoms with van der Waals surface area (Å²) in [6.45, 7) is 1.68. The molecule has 162 valence electrons. The fraction of sp³-hybridized carbons (Fsp3) is 0.529. The van der Waals surface area contributed by atoms with Crippen molar-refractivity contribution in [1.82, 2.24) is 4.90 Å². The first-order valence-electron chi connectivity index (χ1n) is 8.59. The Kier molecular flexibility index (Phi) is 4.02. The lowest BCUT2D eigenvalue weighted by Crippen LogP contribution is -2.81. The number of alkyl halides is 6. The van der Waals surface area contributed by atoms with E-state index in [2.05, 4.69) is 4.18 Å². The van der Waals surface area contributed by atoms with Gasteiger partial charge in [0.2, 0.25) is 0 Å². The molecule has 2 fully saturated rings. The largest absolute Gasteiger partial charge is 0.534 e. The van der Waals surface area contributed by atoms with Gasteiger partial charge in [0.25, 0.3) is 0 Å². The fourth-order valence-corrected chi connectivity index (χ4v) is 5.53. The topological polar surface area (TPSA) is 87.5 Å². The number of carbonyl (C=O) groups is 1. The summed E-state index contributed by atoms with van der Waals surface area (Å²) in [5.41, 5.74) is -6.21. The number of rotatable bonds is 2. The second-order valence-corrected chi connectivity index (χ2v) is 9.33. The Morgan fingerprint density at radius 2 is 1.87 bits per heavy atom. The summed E-state index contributed by atoms with van der Waals surface area (Å²) < 4.78 is 104. The second kappa shape index (κ2) is 5.81. The van der Waals surface area contributed by atoms with E-state index in [-0.39, 0.29) is 18.8 Å². The highest BCUT2D eigenvalue weighted by molar-refractivity contribution is 7.88. The molecule has 30 heavy (non-hydrogen) atoms. The molecular formula is C17H12F6N2O4S. The molecule has 4 rings (SSSR count). The zero-order valence-corrected chi connectivity index (χ0v) is 15.8. The molecule has 0 spiro atoms. The number of hydrogen-bond donors (Lipinski definition) is 0. The van der Waals surface area contributed by atoms with Crippen molar-refractivity contribution < 1.29 is 43.7 Å². The van der Waals surface area contributed by atoms with Crippen LogP contribution in [0.15, 0.2) is 12.1 Å². The highest BCUT2D eigenvalue weighted by Gasteiger charge is 2.71. The van der Waals surface area contributed by atoms with Crippen LogP contribution in [-0.2, 0) is 26.7 Å². The summed E-state index contributed by atoms with van der Waals surface area (Å²) in [6, 6.07) is 2.29. The smallest absolute Gasteiger partial charge is 0.375 e. The van der Waals surface area contributed by atoms with E-state index in [1.54, 1.807) is 13.0 Å². The maximum absolute atomic E-state index is 12.9.